The van der Waals surface area contributed by atoms with Crippen molar-refractivity contribution in [2.75, 3.05) is 6.61 Å². The molecule has 3 atom stereocenters. The van der Waals surface area contributed by atoms with Gasteiger partial charge in [-0.25, -0.2) is 4.79 Å². The number of aliphatic hydroxyl groups is 3. The van der Waals surface area contributed by atoms with Crippen LogP contribution in [0.1, 0.15) is 38.0 Å². The van der Waals surface area contributed by atoms with Crippen LogP contribution in [-0.4, -0.2) is 68.3 Å². The second-order valence-electron chi connectivity index (χ2n) is 8.23. The van der Waals surface area contributed by atoms with Gasteiger partial charge in [0.15, 0.2) is 5.78 Å². The molecule has 0 aliphatic rings. The largest absolute Gasteiger partial charge is 0.459 e. The second-order valence-corrected chi connectivity index (χ2v) is 8.23. The standard InChI is InChI=1S/C28H24O9/c1-18(29)23(31)28(36,25(33)20-13-7-3-8-14-20)27(35,24(32)19-11-5-2-6-12-19)22(30)17-37-26(34)21-15-9-4-10-16-21/h2-16,22,30,35-36H,17H2,1H3/t22-,27+,28-/m0/s1. The van der Waals surface area contributed by atoms with E-state index >= 15 is 0 Å². The Morgan fingerprint density at radius 1 is 0.703 bits per heavy atom. The predicted molar refractivity (Wildman–Crippen MR) is 130 cm³/mol. The number of carbonyl (C=O) groups excluding carboxylic acids is 5. The van der Waals surface area contributed by atoms with Gasteiger partial charge in [0.05, 0.1) is 5.56 Å². The molecule has 0 heterocycles. The van der Waals surface area contributed by atoms with Gasteiger partial charge < -0.3 is 20.1 Å². The van der Waals surface area contributed by atoms with E-state index in [9.17, 15) is 39.3 Å². The first-order valence-electron chi connectivity index (χ1n) is 11.1. The molecule has 0 aromatic heterocycles. The molecule has 0 unspecified atom stereocenters. The van der Waals surface area contributed by atoms with Crippen LogP contribution < -0.4 is 0 Å². The maximum absolute atomic E-state index is 13.6. The Hall–Kier alpha value is -4.31. The lowest BCUT2D eigenvalue weighted by atomic mass is 9.67. The fourth-order valence-electron chi connectivity index (χ4n) is 3.80. The quantitative estimate of drug-likeness (QED) is 0.153. The van der Waals surface area contributed by atoms with Gasteiger partial charge in [-0.3, -0.25) is 19.2 Å². The van der Waals surface area contributed by atoms with E-state index in [4.69, 9.17) is 4.74 Å². The summed E-state index contributed by atoms with van der Waals surface area (Å²) in [6, 6.07) is 21.0. The normalized spacial score (nSPS) is 14.9. The summed E-state index contributed by atoms with van der Waals surface area (Å²) < 4.78 is 5.02. The van der Waals surface area contributed by atoms with E-state index < -0.39 is 53.0 Å². The fourth-order valence-corrected chi connectivity index (χ4v) is 3.80. The topological polar surface area (TPSA) is 155 Å². The average Bonchev–Trinajstić information content (AvgIpc) is 2.94. The van der Waals surface area contributed by atoms with Crippen LogP contribution in [0.3, 0.4) is 0 Å². The Morgan fingerprint density at radius 3 is 1.54 bits per heavy atom. The minimum Gasteiger partial charge on any atom is -0.459 e. The van der Waals surface area contributed by atoms with Crippen molar-refractivity contribution < 1.29 is 44.0 Å². The predicted octanol–water partition coefficient (Wildman–Crippen LogP) is 1.59. The van der Waals surface area contributed by atoms with Gasteiger partial charge in [0, 0.05) is 18.1 Å². The van der Waals surface area contributed by atoms with Gasteiger partial charge in [0.1, 0.15) is 12.7 Å². The van der Waals surface area contributed by atoms with E-state index in [-0.39, 0.29) is 16.7 Å². The highest BCUT2D eigenvalue weighted by atomic mass is 16.5. The lowest BCUT2D eigenvalue weighted by Gasteiger charge is -2.42. The molecule has 3 rings (SSSR count). The smallest absolute Gasteiger partial charge is 0.338 e. The molecule has 37 heavy (non-hydrogen) atoms. The number of ketones is 4. The SMILES string of the molecule is CC(=O)C(=O)[C@](O)(C(=O)c1ccccc1)[C@](O)(C(=O)c1ccccc1)[C@@H](O)COC(=O)c1ccccc1. The molecule has 3 N–H and O–H groups in total. The van der Waals surface area contributed by atoms with Gasteiger partial charge in [-0.2, -0.15) is 0 Å². The van der Waals surface area contributed by atoms with Crippen molar-refractivity contribution in [3.05, 3.63) is 108 Å². The van der Waals surface area contributed by atoms with E-state index in [1.54, 1.807) is 18.2 Å². The molecule has 0 aliphatic heterocycles. The molecule has 0 amide bonds. The van der Waals surface area contributed by atoms with Gasteiger partial charge in [-0.1, -0.05) is 78.9 Å². The highest BCUT2D eigenvalue weighted by Crippen LogP contribution is 2.35. The third-order valence-corrected chi connectivity index (χ3v) is 5.81. The molecule has 0 aliphatic carbocycles. The number of rotatable bonds is 11. The molecule has 0 saturated heterocycles. The van der Waals surface area contributed by atoms with Crippen LogP contribution in [-0.2, 0) is 14.3 Å². The molecule has 190 valence electrons. The van der Waals surface area contributed by atoms with Crippen LogP contribution in [0, 0.1) is 0 Å². The summed E-state index contributed by atoms with van der Waals surface area (Å²) in [6.45, 7) is -0.376. The third-order valence-electron chi connectivity index (χ3n) is 5.81. The number of hydrogen-bond donors (Lipinski definition) is 3. The summed E-state index contributed by atoms with van der Waals surface area (Å²) in [5.74, 6) is -7.10. The first-order valence-corrected chi connectivity index (χ1v) is 11.1. The molecular formula is C28H24O9. The van der Waals surface area contributed by atoms with Crippen molar-refractivity contribution in [2.24, 2.45) is 0 Å². The first-order chi connectivity index (χ1) is 17.5. The van der Waals surface area contributed by atoms with Crippen molar-refractivity contribution in [3.8, 4) is 0 Å². The summed E-state index contributed by atoms with van der Waals surface area (Å²) in [4.78, 5) is 64.8. The maximum Gasteiger partial charge on any atom is 0.338 e. The van der Waals surface area contributed by atoms with Crippen LogP contribution >= 0.6 is 0 Å². The fraction of sp³-hybridized carbons (Fsp3) is 0.179. The molecule has 0 bridgehead atoms. The average molecular weight is 504 g/mol. The van der Waals surface area contributed by atoms with Crippen LogP contribution in [0.15, 0.2) is 91.0 Å². The van der Waals surface area contributed by atoms with Gasteiger partial charge in [-0.05, 0) is 12.1 Å². The van der Waals surface area contributed by atoms with Gasteiger partial charge in [-0.15, -0.1) is 0 Å². The van der Waals surface area contributed by atoms with Crippen molar-refractivity contribution in [1.29, 1.82) is 0 Å². The molecule has 3 aromatic rings. The molecule has 9 heteroatoms. The number of esters is 1. The number of aliphatic hydroxyl groups excluding tert-OH is 1. The third kappa shape index (κ3) is 5.14. The Labute approximate surface area is 211 Å². The van der Waals surface area contributed by atoms with Crippen LogP contribution in [0.2, 0.25) is 0 Å². The monoisotopic (exact) mass is 504 g/mol. The summed E-state index contributed by atoms with van der Waals surface area (Å²) in [7, 11) is 0. The van der Waals surface area contributed by atoms with E-state index in [0.717, 1.165) is 6.92 Å². The second kappa shape index (κ2) is 11.2. The van der Waals surface area contributed by atoms with Crippen molar-refractivity contribution in [1.82, 2.24) is 0 Å². The Bertz CT molecular complexity index is 1310. The molecular weight excluding hydrogens is 480 g/mol. The van der Waals surface area contributed by atoms with Crippen molar-refractivity contribution >= 4 is 29.1 Å². The zero-order valence-corrected chi connectivity index (χ0v) is 19.7. The van der Waals surface area contributed by atoms with E-state index in [0.29, 0.717) is 0 Å². The Kier molecular flexibility index (Phi) is 8.24. The highest BCUT2D eigenvalue weighted by Gasteiger charge is 2.68. The molecule has 0 spiro atoms. The van der Waals surface area contributed by atoms with Crippen LogP contribution in [0.5, 0.6) is 0 Å². The Balaban J connectivity index is 2.15. The van der Waals surface area contributed by atoms with E-state index in [1.807, 2.05) is 0 Å². The summed E-state index contributed by atoms with van der Waals surface area (Å²) in [5.41, 5.74) is -7.96. The summed E-state index contributed by atoms with van der Waals surface area (Å²) >= 11 is 0. The molecule has 0 fully saturated rings. The summed E-state index contributed by atoms with van der Waals surface area (Å²) in [5, 5.41) is 34.3. The minimum atomic E-state index is -3.77. The zero-order chi connectivity index (χ0) is 27.2. The molecule has 0 saturated carbocycles. The van der Waals surface area contributed by atoms with Crippen LogP contribution in [0.25, 0.3) is 0 Å². The lowest BCUT2D eigenvalue weighted by molar-refractivity contribution is -0.177. The van der Waals surface area contributed by atoms with Gasteiger partial charge >= 0.3 is 5.97 Å². The first kappa shape index (κ1) is 27.3. The number of Topliss-reactive ketones (excluding diaryl/α,β-unsaturated/α-hetero) is 4. The van der Waals surface area contributed by atoms with Gasteiger partial charge in [0.25, 0.3) is 0 Å². The number of ether oxygens (including phenoxy) is 1. The minimum absolute atomic E-state index is 0.0723. The summed E-state index contributed by atoms with van der Waals surface area (Å²) in [6.07, 6.45) is -2.52. The van der Waals surface area contributed by atoms with E-state index in [1.165, 1.54) is 72.8 Å². The molecule has 0 radical (unpaired) electrons. The van der Waals surface area contributed by atoms with Crippen molar-refractivity contribution in [3.63, 3.8) is 0 Å². The lowest BCUT2D eigenvalue weighted by Crippen LogP contribution is -2.74. The van der Waals surface area contributed by atoms with Crippen molar-refractivity contribution in [2.45, 2.75) is 24.2 Å². The van der Waals surface area contributed by atoms with E-state index in [2.05, 4.69) is 0 Å². The Morgan fingerprint density at radius 2 is 1.11 bits per heavy atom. The number of benzene rings is 3. The molecule has 3 aromatic carbocycles. The van der Waals surface area contributed by atoms with Gasteiger partial charge in [0.2, 0.25) is 28.6 Å². The number of carbonyl (C=O) groups is 5. The van der Waals surface area contributed by atoms with Crippen LogP contribution in [0.4, 0.5) is 0 Å². The molecule has 9 nitrogen and oxygen atoms in total. The maximum atomic E-state index is 13.6. The highest BCUT2D eigenvalue weighted by molar-refractivity contribution is 6.46. The zero-order valence-electron chi connectivity index (χ0n) is 19.7. The number of hydrogen-bond acceptors (Lipinski definition) is 9.